The van der Waals surface area contributed by atoms with Gasteiger partial charge >= 0.3 is 0 Å². The predicted molar refractivity (Wildman–Crippen MR) is 150 cm³/mol. The number of carbonyl (C=O) groups is 2. The lowest BCUT2D eigenvalue weighted by Crippen LogP contribution is -2.36. The van der Waals surface area contributed by atoms with Crippen LogP contribution in [0.4, 0.5) is 4.39 Å². The summed E-state index contributed by atoms with van der Waals surface area (Å²) in [5.74, 6) is 0.324. The average Bonchev–Trinajstić information content (AvgIpc) is 3.52. The number of hydrogen-bond donors (Lipinski definition) is 1. The first kappa shape index (κ1) is 26.0. The Hall–Kier alpha value is -3.22. The van der Waals surface area contributed by atoms with Crippen LogP contribution in [0, 0.1) is 23.6 Å². The molecule has 7 heteroatoms. The molecule has 1 N–H and O–H groups in total. The Balaban J connectivity index is 1.04. The zero-order valence-electron chi connectivity index (χ0n) is 21.8. The second kappa shape index (κ2) is 11.1. The van der Waals surface area contributed by atoms with Gasteiger partial charge in [-0.15, -0.1) is 0 Å². The average molecular weight is 546 g/mol. The summed E-state index contributed by atoms with van der Waals surface area (Å²) in [6.07, 6.45) is 1.73. The second-order valence-electron chi connectivity index (χ2n) is 11.2. The number of carbonyl (C=O) groups excluding carboxylic acids is 2. The van der Waals surface area contributed by atoms with Crippen molar-refractivity contribution < 1.29 is 14.0 Å². The summed E-state index contributed by atoms with van der Waals surface area (Å²) in [4.78, 5) is 30.4. The molecular weight excluding hydrogens is 513 g/mol. The molecule has 5 atom stereocenters. The van der Waals surface area contributed by atoms with Crippen molar-refractivity contribution in [1.82, 2.24) is 15.1 Å². The van der Waals surface area contributed by atoms with E-state index in [1.54, 1.807) is 11.0 Å². The third kappa shape index (κ3) is 5.59. The fourth-order valence-corrected chi connectivity index (χ4v) is 6.69. The summed E-state index contributed by atoms with van der Waals surface area (Å²) in [7, 11) is 0. The first-order chi connectivity index (χ1) is 19.0. The number of halogens is 2. The molecule has 0 radical (unpaired) electrons. The maximum atomic E-state index is 14.3. The lowest BCUT2D eigenvalue weighted by atomic mass is 10.0. The van der Waals surface area contributed by atoms with Crippen LogP contribution in [0.5, 0.6) is 0 Å². The molecule has 2 saturated heterocycles. The Morgan fingerprint density at radius 3 is 2.23 bits per heavy atom. The molecule has 6 rings (SSSR count). The Morgan fingerprint density at radius 2 is 1.56 bits per heavy atom. The van der Waals surface area contributed by atoms with Gasteiger partial charge in [0.05, 0.1) is 16.6 Å². The molecule has 39 heavy (non-hydrogen) atoms. The van der Waals surface area contributed by atoms with E-state index in [0.717, 1.165) is 38.0 Å². The fraction of sp³-hybridized carbons (Fsp3) is 0.375. The van der Waals surface area contributed by atoms with Crippen LogP contribution in [0.2, 0.25) is 5.02 Å². The third-order valence-corrected chi connectivity index (χ3v) is 8.95. The van der Waals surface area contributed by atoms with Crippen molar-refractivity contribution in [1.29, 1.82) is 0 Å². The van der Waals surface area contributed by atoms with E-state index in [1.807, 2.05) is 36.4 Å². The Kier molecular flexibility index (Phi) is 7.41. The zero-order valence-corrected chi connectivity index (χ0v) is 22.6. The first-order valence-corrected chi connectivity index (χ1v) is 14.2. The summed E-state index contributed by atoms with van der Waals surface area (Å²) in [5.41, 5.74) is 2.34. The normalized spacial score (nSPS) is 24.8. The van der Waals surface area contributed by atoms with Crippen LogP contribution in [0.15, 0.2) is 78.9 Å². The molecule has 3 aromatic carbocycles. The lowest BCUT2D eigenvalue weighted by Gasteiger charge is -2.25. The van der Waals surface area contributed by atoms with E-state index in [9.17, 15) is 14.0 Å². The van der Waals surface area contributed by atoms with Crippen LogP contribution in [0.1, 0.15) is 46.3 Å². The van der Waals surface area contributed by atoms with E-state index in [1.165, 1.54) is 17.7 Å². The molecule has 2 amide bonds. The van der Waals surface area contributed by atoms with Crippen LogP contribution >= 0.6 is 11.6 Å². The molecule has 2 heterocycles. The topological polar surface area (TPSA) is 52.7 Å². The van der Waals surface area contributed by atoms with E-state index < -0.39 is 5.82 Å². The quantitative estimate of drug-likeness (QED) is 0.405. The highest BCUT2D eigenvalue weighted by Crippen LogP contribution is 2.47. The van der Waals surface area contributed by atoms with Gasteiger partial charge in [0.2, 0.25) is 5.91 Å². The molecule has 1 aliphatic carbocycles. The number of hydrogen-bond acceptors (Lipinski definition) is 3. The summed E-state index contributed by atoms with van der Waals surface area (Å²) < 4.78 is 14.3. The lowest BCUT2D eigenvalue weighted by molar-refractivity contribution is -0.123. The Labute approximate surface area is 233 Å². The Morgan fingerprint density at radius 1 is 0.897 bits per heavy atom. The van der Waals surface area contributed by atoms with Gasteiger partial charge in [0.1, 0.15) is 5.82 Å². The van der Waals surface area contributed by atoms with Gasteiger partial charge in [-0.1, -0.05) is 78.3 Å². The number of fused-ring (bicyclic) bond motifs is 1. The van der Waals surface area contributed by atoms with Gasteiger partial charge in [-0.25, -0.2) is 4.39 Å². The van der Waals surface area contributed by atoms with Crippen LogP contribution < -0.4 is 5.32 Å². The van der Waals surface area contributed by atoms with E-state index in [2.05, 4.69) is 34.5 Å². The SMILES string of the molecule is O=C(NC(CCN1CC2CN(C(=O)c3c(F)cccc3Cl)C[C@@H]2C1)c1ccccc1)[C@@H]1C[C@H]1c1ccccc1. The van der Waals surface area contributed by atoms with Crippen molar-refractivity contribution in [3.05, 3.63) is 106 Å². The molecule has 5 nitrogen and oxygen atoms in total. The standard InChI is InChI=1S/C32H33ClFN3O2/c33-27-12-7-13-28(34)30(27)32(39)37-19-23-17-36(18-24(23)20-37)15-14-29(22-10-5-2-6-11-22)35-31(38)26-16-25(26)21-8-3-1-4-9-21/h1-13,23-26,29H,14-20H2,(H,35,38)/t23-,24?,25-,26+,29?/m0/s1. The van der Waals surface area contributed by atoms with Gasteiger partial charge in [-0.05, 0) is 53.9 Å². The van der Waals surface area contributed by atoms with Gasteiger partial charge < -0.3 is 15.1 Å². The molecule has 1 saturated carbocycles. The van der Waals surface area contributed by atoms with Crippen LogP contribution in [-0.4, -0.2) is 54.3 Å². The summed E-state index contributed by atoms with van der Waals surface area (Å²) >= 11 is 6.14. The fourth-order valence-electron chi connectivity index (χ4n) is 6.45. The minimum Gasteiger partial charge on any atom is -0.349 e. The molecule has 3 aromatic rings. The number of nitrogens with zero attached hydrogens (tertiary/aromatic N) is 2. The van der Waals surface area contributed by atoms with Crippen molar-refractivity contribution >= 4 is 23.4 Å². The summed E-state index contributed by atoms with van der Waals surface area (Å²) in [5, 5.41) is 3.51. The number of nitrogens with one attached hydrogen (secondary N) is 1. The van der Waals surface area contributed by atoms with Gasteiger partial charge in [-0.3, -0.25) is 9.59 Å². The van der Waals surface area contributed by atoms with Gasteiger partial charge in [0.25, 0.3) is 5.91 Å². The van der Waals surface area contributed by atoms with Crippen LogP contribution in [-0.2, 0) is 4.79 Å². The van der Waals surface area contributed by atoms with E-state index in [-0.39, 0.29) is 34.4 Å². The molecule has 0 aromatic heterocycles. The minimum absolute atomic E-state index is 0.0254. The van der Waals surface area contributed by atoms with Crippen molar-refractivity contribution in [2.75, 3.05) is 32.7 Å². The first-order valence-electron chi connectivity index (χ1n) is 13.8. The summed E-state index contributed by atoms with van der Waals surface area (Å²) in [6.45, 7) is 3.89. The molecule has 0 spiro atoms. The molecular formula is C32H33ClFN3O2. The molecule has 202 valence electrons. The van der Waals surface area contributed by atoms with E-state index in [4.69, 9.17) is 11.6 Å². The third-order valence-electron chi connectivity index (χ3n) is 8.63. The maximum Gasteiger partial charge on any atom is 0.258 e. The highest BCUT2D eigenvalue weighted by Gasteiger charge is 2.45. The molecule has 3 fully saturated rings. The minimum atomic E-state index is -0.568. The van der Waals surface area contributed by atoms with Crippen molar-refractivity contribution in [2.24, 2.45) is 17.8 Å². The number of rotatable bonds is 8. The van der Waals surface area contributed by atoms with E-state index in [0.29, 0.717) is 30.8 Å². The molecule has 2 aliphatic heterocycles. The predicted octanol–water partition coefficient (Wildman–Crippen LogP) is 5.53. The van der Waals surface area contributed by atoms with Crippen molar-refractivity contribution in [3.63, 3.8) is 0 Å². The molecule has 0 bridgehead atoms. The smallest absolute Gasteiger partial charge is 0.258 e. The van der Waals surface area contributed by atoms with Crippen LogP contribution in [0.3, 0.4) is 0 Å². The van der Waals surface area contributed by atoms with Gasteiger partial charge in [0.15, 0.2) is 0 Å². The largest absolute Gasteiger partial charge is 0.349 e. The maximum absolute atomic E-state index is 14.3. The highest BCUT2D eigenvalue weighted by molar-refractivity contribution is 6.33. The zero-order chi connectivity index (χ0) is 26.9. The number of likely N-dealkylation sites (tertiary alicyclic amines) is 2. The van der Waals surface area contributed by atoms with Crippen molar-refractivity contribution in [3.8, 4) is 0 Å². The van der Waals surface area contributed by atoms with Crippen LogP contribution in [0.25, 0.3) is 0 Å². The van der Waals surface area contributed by atoms with E-state index >= 15 is 0 Å². The summed E-state index contributed by atoms with van der Waals surface area (Å²) in [6, 6.07) is 24.8. The Bertz CT molecular complexity index is 1300. The number of amides is 2. The second-order valence-corrected chi connectivity index (χ2v) is 11.6. The van der Waals surface area contributed by atoms with Crippen molar-refractivity contribution in [2.45, 2.75) is 24.8 Å². The van der Waals surface area contributed by atoms with Gasteiger partial charge in [0, 0.05) is 38.6 Å². The number of benzene rings is 3. The van der Waals surface area contributed by atoms with Gasteiger partial charge in [-0.2, -0.15) is 0 Å². The molecule has 3 aliphatic rings. The monoisotopic (exact) mass is 545 g/mol. The molecule has 2 unspecified atom stereocenters. The highest BCUT2D eigenvalue weighted by atomic mass is 35.5.